The summed E-state index contributed by atoms with van der Waals surface area (Å²) in [6, 6.07) is -2.33. The Morgan fingerprint density at radius 2 is 1.62 bits per heavy atom. The lowest BCUT2D eigenvalue weighted by atomic mass is 9.90. The van der Waals surface area contributed by atoms with Crippen LogP contribution < -0.4 is 16.0 Å². The standard InChI is InChI=1S/C18H33N3O8/c1-17(2,10-29-11-18(3,4)28)9-13(22)19-8-6-5-7-12(14(23)24)20-15(25)21-16(26)27/h12,28H,5-11H2,1-4H3,(H,19,22)(H,23,24)(H,26,27)(H2,20,21,25). The molecule has 11 nitrogen and oxygen atoms in total. The van der Waals surface area contributed by atoms with Crippen molar-refractivity contribution in [2.45, 2.75) is 65.0 Å². The van der Waals surface area contributed by atoms with Crippen molar-refractivity contribution >= 4 is 24.0 Å². The summed E-state index contributed by atoms with van der Waals surface area (Å²) in [5, 5.41) is 33.4. The molecule has 0 bridgehead atoms. The fourth-order valence-electron chi connectivity index (χ4n) is 2.38. The van der Waals surface area contributed by atoms with Crippen LogP contribution in [0.25, 0.3) is 0 Å². The molecule has 0 rings (SSSR count). The predicted octanol–water partition coefficient (Wildman–Crippen LogP) is 0.907. The minimum absolute atomic E-state index is 0.0918. The molecule has 0 radical (unpaired) electrons. The van der Waals surface area contributed by atoms with Crippen molar-refractivity contribution < 1.29 is 39.2 Å². The first-order chi connectivity index (χ1) is 13.2. The minimum atomic E-state index is -1.58. The number of nitrogens with one attached hydrogen (secondary N) is 3. The number of aliphatic carboxylic acids is 1. The molecular formula is C18H33N3O8. The van der Waals surface area contributed by atoms with E-state index in [0.29, 0.717) is 26.0 Å². The average Bonchev–Trinajstić information content (AvgIpc) is 2.50. The first-order valence-electron chi connectivity index (χ1n) is 9.32. The van der Waals surface area contributed by atoms with E-state index in [-0.39, 0.29) is 25.4 Å². The Morgan fingerprint density at radius 3 is 2.14 bits per heavy atom. The van der Waals surface area contributed by atoms with Gasteiger partial charge in [0.2, 0.25) is 5.91 Å². The number of imide groups is 1. The Labute approximate surface area is 170 Å². The van der Waals surface area contributed by atoms with Crippen LogP contribution in [0.1, 0.15) is 53.4 Å². The van der Waals surface area contributed by atoms with Gasteiger partial charge in [-0.25, -0.2) is 19.7 Å². The van der Waals surface area contributed by atoms with Crippen LogP contribution in [0, 0.1) is 5.41 Å². The van der Waals surface area contributed by atoms with Gasteiger partial charge in [0.25, 0.3) is 0 Å². The van der Waals surface area contributed by atoms with Crippen LogP contribution in [0.2, 0.25) is 0 Å². The van der Waals surface area contributed by atoms with E-state index in [2.05, 4.69) is 10.6 Å². The second-order valence-electron chi connectivity index (χ2n) is 8.29. The van der Waals surface area contributed by atoms with Gasteiger partial charge in [-0.05, 0) is 38.5 Å². The molecule has 0 aromatic heterocycles. The zero-order chi connectivity index (χ0) is 22.7. The van der Waals surface area contributed by atoms with Crippen LogP contribution in [0.4, 0.5) is 9.59 Å². The maximum Gasteiger partial charge on any atom is 0.412 e. The van der Waals surface area contributed by atoms with Gasteiger partial charge in [0.15, 0.2) is 0 Å². The van der Waals surface area contributed by atoms with E-state index in [1.54, 1.807) is 13.8 Å². The second-order valence-corrected chi connectivity index (χ2v) is 8.29. The molecule has 1 atom stereocenters. The lowest BCUT2D eigenvalue weighted by Crippen LogP contribution is -2.47. The Bertz CT molecular complexity index is 572. The number of aliphatic hydroxyl groups is 1. The summed E-state index contributed by atoms with van der Waals surface area (Å²) in [5.41, 5.74) is -1.35. The zero-order valence-electron chi connectivity index (χ0n) is 17.4. The van der Waals surface area contributed by atoms with E-state index in [9.17, 15) is 24.3 Å². The largest absolute Gasteiger partial charge is 0.480 e. The highest BCUT2D eigenvalue weighted by atomic mass is 16.5. The number of carboxylic acid groups (broad SMARTS) is 2. The third-order valence-electron chi connectivity index (χ3n) is 3.65. The molecule has 0 spiro atoms. The van der Waals surface area contributed by atoms with E-state index in [0.717, 1.165) is 0 Å². The molecule has 0 saturated carbocycles. The van der Waals surface area contributed by atoms with Gasteiger partial charge in [-0.1, -0.05) is 13.8 Å². The van der Waals surface area contributed by atoms with Crippen LogP contribution >= 0.6 is 0 Å². The summed E-state index contributed by atoms with van der Waals surface area (Å²) >= 11 is 0. The normalized spacial score (nSPS) is 12.7. The monoisotopic (exact) mass is 419 g/mol. The number of amides is 4. The molecule has 0 aliphatic carbocycles. The van der Waals surface area contributed by atoms with Crippen molar-refractivity contribution in [2.24, 2.45) is 5.41 Å². The van der Waals surface area contributed by atoms with Crippen molar-refractivity contribution in [3.05, 3.63) is 0 Å². The molecule has 0 aromatic carbocycles. The Hall–Kier alpha value is -2.40. The number of urea groups is 1. The highest BCUT2D eigenvalue weighted by Crippen LogP contribution is 2.21. The van der Waals surface area contributed by atoms with E-state index < -0.39 is 35.2 Å². The van der Waals surface area contributed by atoms with Gasteiger partial charge in [-0.2, -0.15) is 0 Å². The second kappa shape index (κ2) is 12.2. The molecule has 0 aliphatic heterocycles. The Kier molecular flexibility index (Phi) is 11.2. The first kappa shape index (κ1) is 26.6. The summed E-state index contributed by atoms with van der Waals surface area (Å²) in [6.45, 7) is 7.85. The number of unbranched alkanes of at least 4 members (excludes halogenated alkanes) is 1. The number of carboxylic acids is 1. The number of hydrogen-bond donors (Lipinski definition) is 6. The molecule has 1 unspecified atom stereocenters. The summed E-state index contributed by atoms with van der Waals surface area (Å²) in [4.78, 5) is 44.8. The Balaban J connectivity index is 4.12. The third kappa shape index (κ3) is 15.2. The highest BCUT2D eigenvalue weighted by molar-refractivity contribution is 5.92. The quantitative estimate of drug-likeness (QED) is 0.239. The van der Waals surface area contributed by atoms with Crippen LogP contribution in [0.3, 0.4) is 0 Å². The fraction of sp³-hybridized carbons (Fsp3) is 0.778. The molecule has 11 heteroatoms. The number of carbonyl (C=O) groups is 4. The van der Waals surface area contributed by atoms with E-state index in [4.69, 9.17) is 14.9 Å². The van der Waals surface area contributed by atoms with Gasteiger partial charge in [0.05, 0.1) is 18.8 Å². The minimum Gasteiger partial charge on any atom is -0.480 e. The number of carbonyl (C=O) groups excluding carboxylic acids is 2. The molecule has 0 aliphatic rings. The maximum absolute atomic E-state index is 12.0. The van der Waals surface area contributed by atoms with Crippen LogP contribution in [0.5, 0.6) is 0 Å². The summed E-state index contributed by atoms with van der Waals surface area (Å²) in [6.07, 6.45) is -0.360. The van der Waals surface area contributed by atoms with Crippen molar-refractivity contribution in [2.75, 3.05) is 19.8 Å². The van der Waals surface area contributed by atoms with Gasteiger partial charge in [0, 0.05) is 13.0 Å². The van der Waals surface area contributed by atoms with E-state index in [1.807, 2.05) is 13.8 Å². The maximum atomic E-state index is 12.0. The van der Waals surface area contributed by atoms with Crippen molar-refractivity contribution in [1.29, 1.82) is 0 Å². The van der Waals surface area contributed by atoms with Gasteiger partial charge >= 0.3 is 18.1 Å². The molecule has 0 aromatic rings. The third-order valence-corrected chi connectivity index (χ3v) is 3.65. The molecule has 0 saturated heterocycles. The SMILES string of the molecule is CC(C)(O)COCC(C)(C)CC(=O)NCCCCC(NC(=O)NC(=O)O)C(=O)O. The lowest BCUT2D eigenvalue weighted by molar-refractivity contribution is -0.139. The van der Waals surface area contributed by atoms with Gasteiger partial charge in [-0.3, -0.25) is 4.79 Å². The van der Waals surface area contributed by atoms with Gasteiger partial charge in [-0.15, -0.1) is 0 Å². The smallest absolute Gasteiger partial charge is 0.412 e. The number of ether oxygens (including phenoxy) is 1. The Morgan fingerprint density at radius 1 is 1.00 bits per heavy atom. The van der Waals surface area contributed by atoms with Crippen molar-refractivity contribution in [1.82, 2.24) is 16.0 Å². The van der Waals surface area contributed by atoms with Crippen LogP contribution in [0.15, 0.2) is 0 Å². The fourth-order valence-corrected chi connectivity index (χ4v) is 2.38. The first-order valence-corrected chi connectivity index (χ1v) is 9.32. The summed E-state index contributed by atoms with van der Waals surface area (Å²) in [7, 11) is 0. The highest BCUT2D eigenvalue weighted by Gasteiger charge is 2.24. The lowest BCUT2D eigenvalue weighted by Gasteiger charge is -2.26. The number of rotatable bonds is 13. The molecule has 0 heterocycles. The van der Waals surface area contributed by atoms with E-state index in [1.165, 1.54) is 5.32 Å². The molecular weight excluding hydrogens is 386 g/mol. The predicted molar refractivity (Wildman–Crippen MR) is 103 cm³/mol. The summed E-state index contributed by atoms with van der Waals surface area (Å²) in [5.74, 6) is -1.45. The molecule has 6 N–H and O–H groups in total. The number of hydrogen-bond acceptors (Lipinski definition) is 6. The zero-order valence-corrected chi connectivity index (χ0v) is 17.4. The van der Waals surface area contributed by atoms with Crippen molar-refractivity contribution in [3.63, 3.8) is 0 Å². The topological polar surface area (TPSA) is 174 Å². The van der Waals surface area contributed by atoms with Crippen LogP contribution in [-0.4, -0.2) is 70.7 Å². The van der Waals surface area contributed by atoms with Gasteiger partial charge in [0.1, 0.15) is 6.04 Å². The molecule has 168 valence electrons. The summed E-state index contributed by atoms with van der Waals surface area (Å²) < 4.78 is 5.45. The van der Waals surface area contributed by atoms with E-state index >= 15 is 0 Å². The molecule has 0 fully saturated rings. The molecule has 4 amide bonds. The molecule has 29 heavy (non-hydrogen) atoms. The average molecular weight is 419 g/mol. The van der Waals surface area contributed by atoms with Crippen LogP contribution in [-0.2, 0) is 14.3 Å². The van der Waals surface area contributed by atoms with Gasteiger partial charge < -0.3 is 30.7 Å². The van der Waals surface area contributed by atoms with Crippen molar-refractivity contribution in [3.8, 4) is 0 Å².